The van der Waals surface area contributed by atoms with E-state index < -0.39 is 23.6 Å². The van der Waals surface area contributed by atoms with Gasteiger partial charge in [0.2, 0.25) is 0 Å². The maximum absolute atomic E-state index is 13.6. The van der Waals surface area contributed by atoms with Crippen molar-refractivity contribution in [3.8, 4) is 17.2 Å². The van der Waals surface area contributed by atoms with Crippen LogP contribution in [0.3, 0.4) is 0 Å². The average molecular weight is 508 g/mol. The number of hydrogen-bond donors (Lipinski definition) is 2. The first kappa shape index (κ1) is 25.8. The van der Waals surface area contributed by atoms with E-state index in [0.717, 1.165) is 12.1 Å². The maximum atomic E-state index is 13.6. The van der Waals surface area contributed by atoms with Gasteiger partial charge in [0.1, 0.15) is 22.9 Å². The van der Waals surface area contributed by atoms with Crippen LogP contribution in [0.4, 0.5) is 18.9 Å². The Kier molecular flexibility index (Phi) is 7.54. The number of nitrogens with one attached hydrogen (secondary N) is 1. The number of nitrogens with zero attached hydrogens (tertiary/aromatic N) is 1. The molecular formula is C24H21ClF3N3O4. The molecule has 0 unspecified atom stereocenters. The van der Waals surface area contributed by atoms with E-state index in [1.807, 2.05) is 13.8 Å². The summed E-state index contributed by atoms with van der Waals surface area (Å²) in [5, 5.41) is 2.68. The Hall–Kier alpha value is -3.79. The van der Waals surface area contributed by atoms with Crippen molar-refractivity contribution in [3.63, 3.8) is 0 Å². The Balaban J connectivity index is 2.02. The fourth-order valence-electron chi connectivity index (χ4n) is 3.22. The Morgan fingerprint density at radius 2 is 1.77 bits per heavy atom. The number of primary amides is 1. The van der Waals surface area contributed by atoms with Gasteiger partial charge in [-0.1, -0.05) is 11.6 Å². The van der Waals surface area contributed by atoms with Crippen LogP contribution < -0.4 is 20.5 Å². The van der Waals surface area contributed by atoms with E-state index >= 15 is 0 Å². The number of rotatable bonds is 7. The van der Waals surface area contributed by atoms with Gasteiger partial charge in [-0.15, -0.1) is 0 Å². The van der Waals surface area contributed by atoms with E-state index in [9.17, 15) is 22.8 Å². The van der Waals surface area contributed by atoms with Gasteiger partial charge in [0.05, 0.1) is 22.3 Å². The van der Waals surface area contributed by atoms with Crippen LogP contribution >= 0.6 is 11.6 Å². The molecule has 0 radical (unpaired) electrons. The number of anilines is 1. The predicted octanol–water partition coefficient (Wildman–Crippen LogP) is 5.99. The molecule has 0 spiro atoms. The topological polar surface area (TPSA) is 104 Å². The van der Waals surface area contributed by atoms with Gasteiger partial charge < -0.3 is 20.5 Å². The fourth-order valence-corrected chi connectivity index (χ4v) is 3.43. The second-order valence-corrected chi connectivity index (χ2v) is 8.13. The molecule has 184 valence electrons. The molecule has 11 heteroatoms. The van der Waals surface area contributed by atoms with E-state index in [0.29, 0.717) is 5.75 Å². The SMILES string of the molecule is Cc1c(C(F)(F)F)ccc(Oc2ccc(OC(C)C)c(Cl)c2)c1C(=O)Nc1ccnc(C(N)=O)c1. The minimum Gasteiger partial charge on any atom is -0.489 e. The lowest BCUT2D eigenvalue weighted by Crippen LogP contribution is -2.19. The van der Waals surface area contributed by atoms with Crippen LogP contribution in [0.2, 0.25) is 5.02 Å². The summed E-state index contributed by atoms with van der Waals surface area (Å²) in [4.78, 5) is 28.2. The minimum absolute atomic E-state index is 0.111. The van der Waals surface area contributed by atoms with Crippen molar-refractivity contribution < 1.29 is 32.2 Å². The van der Waals surface area contributed by atoms with Crippen LogP contribution in [0.15, 0.2) is 48.7 Å². The molecule has 0 fully saturated rings. The third-order valence-electron chi connectivity index (χ3n) is 4.72. The molecule has 0 aliphatic rings. The fraction of sp³-hybridized carbons (Fsp3) is 0.208. The maximum Gasteiger partial charge on any atom is 0.416 e. The smallest absolute Gasteiger partial charge is 0.416 e. The van der Waals surface area contributed by atoms with Gasteiger partial charge >= 0.3 is 6.18 Å². The first-order valence-corrected chi connectivity index (χ1v) is 10.7. The van der Waals surface area contributed by atoms with Crippen molar-refractivity contribution in [1.29, 1.82) is 0 Å². The quantitative estimate of drug-likeness (QED) is 0.408. The zero-order valence-electron chi connectivity index (χ0n) is 18.9. The van der Waals surface area contributed by atoms with Crippen molar-refractivity contribution in [3.05, 3.63) is 76.1 Å². The van der Waals surface area contributed by atoms with Gasteiger partial charge in [0, 0.05) is 18.0 Å². The largest absolute Gasteiger partial charge is 0.489 e. The zero-order chi connectivity index (χ0) is 25.9. The summed E-state index contributed by atoms with van der Waals surface area (Å²) in [5.74, 6) is -1.28. The van der Waals surface area contributed by atoms with Crippen molar-refractivity contribution in [2.24, 2.45) is 5.73 Å². The van der Waals surface area contributed by atoms with Crippen molar-refractivity contribution in [2.45, 2.75) is 33.1 Å². The second kappa shape index (κ2) is 10.2. The van der Waals surface area contributed by atoms with Gasteiger partial charge in [-0.05, 0) is 62.7 Å². The predicted molar refractivity (Wildman–Crippen MR) is 124 cm³/mol. The van der Waals surface area contributed by atoms with Crippen LogP contribution in [-0.2, 0) is 6.18 Å². The highest BCUT2D eigenvalue weighted by Gasteiger charge is 2.35. The Morgan fingerprint density at radius 3 is 2.37 bits per heavy atom. The average Bonchev–Trinajstić information content (AvgIpc) is 2.74. The molecule has 1 heterocycles. The van der Waals surface area contributed by atoms with E-state index in [-0.39, 0.29) is 45.1 Å². The Morgan fingerprint density at radius 1 is 1.09 bits per heavy atom. The number of amides is 2. The van der Waals surface area contributed by atoms with Gasteiger partial charge in [-0.2, -0.15) is 13.2 Å². The van der Waals surface area contributed by atoms with Crippen LogP contribution in [0, 0.1) is 6.92 Å². The summed E-state index contributed by atoms with van der Waals surface area (Å²) in [5.41, 5.74) is 3.49. The van der Waals surface area contributed by atoms with E-state index in [1.54, 1.807) is 6.07 Å². The number of benzene rings is 2. The van der Waals surface area contributed by atoms with E-state index in [1.165, 1.54) is 37.4 Å². The lowest BCUT2D eigenvalue weighted by atomic mass is 10.00. The van der Waals surface area contributed by atoms with Crippen LogP contribution in [0.25, 0.3) is 0 Å². The summed E-state index contributed by atoms with van der Waals surface area (Å²) in [7, 11) is 0. The molecule has 0 saturated carbocycles. The molecule has 1 aromatic heterocycles. The lowest BCUT2D eigenvalue weighted by Gasteiger charge is -2.18. The third kappa shape index (κ3) is 6.21. The molecule has 2 amide bonds. The number of aromatic nitrogens is 1. The summed E-state index contributed by atoms with van der Waals surface area (Å²) < 4.78 is 52.0. The van der Waals surface area contributed by atoms with E-state index in [4.69, 9.17) is 26.8 Å². The molecule has 3 aromatic rings. The molecule has 35 heavy (non-hydrogen) atoms. The number of alkyl halides is 3. The number of ether oxygens (including phenoxy) is 2. The van der Waals surface area contributed by atoms with Crippen LogP contribution in [0.5, 0.6) is 17.2 Å². The molecule has 0 bridgehead atoms. The molecule has 7 nitrogen and oxygen atoms in total. The van der Waals surface area contributed by atoms with Gasteiger partial charge in [0.15, 0.2) is 0 Å². The van der Waals surface area contributed by atoms with Crippen LogP contribution in [0.1, 0.15) is 45.8 Å². The molecular weight excluding hydrogens is 487 g/mol. The lowest BCUT2D eigenvalue weighted by molar-refractivity contribution is -0.138. The first-order valence-electron chi connectivity index (χ1n) is 10.3. The summed E-state index contributed by atoms with van der Waals surface area (Å²) in [6.45, 7) is 4.82. The highest BCUT2D eigenvalue weighted by Crippen LogP contribution is 2.39. The number of pyridine rings is 1. The zero-order valence-corrected chi connectivity index (χ0v) is 19.6. The van der Waals surface area contributed by atoms with Gasteiger partial charge in [-0.3, -0.25) is 14.6 Å². The molecule has 0 aliphatic heterocycles. The molecule has 3 rings (SSSR count). The van der Waals surface area contributed by atoms with E-state index in [2.05, 4.69) is 10.3 Å². The van der Waals surface area contributed by atoms with Crippen molar-refractivity contribution in [1.82, 2.24) is 4.98 Å². The highest BCUT2D eigenvalue weighted by molar-refractivity contribution is 6.32. The normalized spacial score (nSPS) is 11.3. The Bertz CT molecular complexity index is 1280. The van der Waals surface area contributed by atoms with Crippen molar-refractivity contribution in [2.75, 3.05) is 5.32 Å². The standard InChI is InChI=1S/C24H21ClF3N3O4/c1-12(2)34-19-6-4-15(11-17(19)25)35-20-7-5-16(24(26,27)28)13(3)21(20)23(33)31-14-8-9-30-18(10-14)22(29)32/h4-12H,1-3H3,(H2,29,32)(H,30,31,33). The van der Waals surface area contributed by atoms with Crippen molar-refractivity contribution >= 4 is 29.1 Å². The molecule has 0 atom stereocenters. The number of halogens is 4. The molecule has 0 aliphatic carbocycles. The summed E-state index contributed by atoms with van der Waals surface area (Å²) >= 11 is 6.23. The number of carbonyl (C=O) groups is 2. The molecule has 3 N–H and O–H groups in total. The number of hydrogen-bond acceptors (Lipinski definition) is 5. The minimum atomic E-state index is -4.70. The molecule has 0 saturated heterocycles. The number of nitrogens with two attached hydrogens (primary N) is 1. The monoisotopic (exact) mass is 507 g/mol. The first-order chi connectivity index (χ1) is 16.4. The summed E-state index contributed by atoms with van der Waals surface area (Å²) in [6, 6.07) is 8.94. The number of carbonyl (C=O) groups excluding carboxylic acids is 2. The van der Waals surface area contributed by atoms with Gasteiger partial charge in [0.25, 0.3) is 11.8 Å². The highest BCUT2D eigenvalue weighted by atomic mass is 35.5. The van der Waals surface area contributed by atoms with Crippen LogP contribution in [-0.4, -0.2) is 22.9 Å². The van der Waals surface area contributed by atoms with Gasteiger partial charge in [-0.25, -0.2) is 0 Å². The third-order valence-corrected chi connectivity index (χ3v) is 5.02. The second-order valence-electron chi connectivity index (χ2n) is 7.72. The molecule has 2 aromatic carbocycles. The summed E-state index contributed by atoms with van der Waals surface area (Å²) in [6.07, 6.45) is -3.60. The Labute approximate surface area is 204 Å².